The smallest absolute Gasteiger partial charge is 0.235 e. The molecule has 2 N–H and O–H groups in total. The Morgan fingerprint density at radius 3 is 1.78 bits per heavy atom. The molecule has 3 rings (SSSR count). The summed E-state index contributed by atoms with van der Waals surface area (Å²) in [5.41, 5.74) is 0. The number of aromatic nitrogens is 2. The first kappa shape index (κ1) is 18.6. The molecule has 0 aliphatic heterocycles. The molecule has 0 aliphatic carbocycles. The minimum atomic E-state index is 0.189. The van der Waals surface area contributed by atoms with Gasteiger partial charge >= 0.3 is 0 Å². The standard InChI is InChI=1S/C20H20N4O2S/c1-14(2)21-20(27)24-19-22-17(25-15-9-5-3-6-10-15)13-18(23-19)26-16-11-7-4-8-12-16/h3-14H,1-2H3,(H2,21,22,23,24,27). The van der Waals surface area contributed by atoms with Gasteiger partial charge in [0.05, 0.1) is 6.07 Å². The normalized spacial score (nSPS) is 10.3. The number of thiocarbonyl (C=S) groups is 1. The molecule has 0 radical (unpaired) electrons. The maximum atomic E-state index is 5.83. The Morgan fingerprint density at radius 1 is 0.852 bits per heavy atom. The fourth-order valence-electron chi connectivity index (χ4n) is 2.18. The van der Waals surface area contributed by atoms with E-state index in [-0.39, 0.29) is 12.0 Å². The number of ether oxygens (including phenoxy) is 2. The maximum Gasteiger partial charge on any atom is 0.235 e. The first-order valence-electron chi connectivity index (χ1n) is 8.51. The van der Waals surface area contributed by atoms with Gasteiger partial charge in [0.25, 0.3) is 0 Å². The van der Waals surface area contributed by atoms with Crippen molar-refractivity contribution in [3.63, 3.8) is 0 Å². The Kier molecular flexibility index (Phi) is 6.17. The Hall–Kier alpha value is -3.19. The van der Waals surface area contributed by atoms with Gasteiger partial charge in [-0.3, -0.25) is 0 Å². The Balaban J connectivity index is 1.85. The number of rotatable bonds is 6. The van der Waals surface area contributed by atoms with Gasteiger partial charge < -0.3 is 20.1 Å². The quantitative estimate of drug-likeness (QED) is 0.598. The molecule has 0 unspecified atom stereocenters. The van der Waals surface area contributed by atoms with Gasteiger partial charge in [-0.1, -0.05) is 36.4 Å². The van der Waals surface area contributed by atoms with Gasteiger partial charge in [0.1, 0.15) is 11.5 Å². The lowest BCUT2D eigenvalue weighted by molar-refractivity contribution is 0.435. The van der Waals surface area contributed by atoms with Gasteiger partial charge in [-0.15, -0.1) is 0 Å². The molecule has 1 aromatic heterocycles. The average Bonchev–Trinajstić information content (AvgIpc) is 2.62. The third-order valence-corrected chi connectivity index (χ3v) is 3.48. The van der Waals surface area contributed by atoms with E-state index < -0.39 is 0 Å². The van der Waals surface area contributed by atoms with Crippen LogP contribution in [0, 0.1) is 0 Å². The molecule has 0 bridgehead atoms. The zero-order chi connectivity index (χ0) is 19.1. The van der Waals surface area contributed by atoms with Crippen LogP contribution in [0.4, 0.5) is 5.95 Å². The second-order valence-corrected chi connectivity index (χ2v) is 6.36. The lowest BCUT2D eigenvalue weighted by atomic mass is 10.3. The molecule has 0 fully saturated rings. The van der Waals surface area contributed by atoms with Crippen molar-refractivity contribution < 1.29 is 9.47 Å². The van der Waals surface area contributed by atoms with E-state index in [2.05, 4.69) is 20.6 Å². The SMILES string of the molecule is CC(C)NC(=S)Nc1nc(Oc2ccccc2)cc(Oc2ccccc2)n1. The lowest BCUT2D eigenvalue weighted by Gasteiger charge is -2.14. The largest absolute Gasteiger partial charge is 0.439 e. The summed E-state index contributed by atoms with van der Waals surface area (Å²) >= 11 is 5.27. The maximum absolute atomic E-state index is 5.83. The highest BCUT2D eigenvalue weighted by Crippen LogP contribution is 2.26. The monoisotopic (exact) mass is 380 g/mol. The van der Waals surface area contributed by atoms with Gasteiger partial charge in [-0.2, -0.15) is 9.97 Å². The fourth-order valence-corrected chi connectivity index (χ4v) is 2.51. The van der Waals surface area contributed by atoms with Crippen molar-refractivity contribution in [2.45, 2.75) is 19.9 Å². The van der Waals surface area contributed by atoms with Crippen LogP contribution in [0.1, 0.15) is 13.8 Å². The van der Waals surface area contributed by atoms with Crippen molar-refractivity contribution >= 4 is 23.3 Å². The van der Waals surface area contributed by atoms with Gasteiger partial charge in [-0.05, 0) is 50.3 Å². The van der Waals surface area contributed by atoms with Crippen molar-refractivity contribution in [3.8, 4) is 23.3 Å². The molecule has 1 heterocycles. The van der Waals surface area contributed by atoms with E-state index >= 15 is 0 Å². The lowest BCUT2D eigenvalue weighted by Crippen LogP contribution is -2.34. The summed E-state index contributed by atoms with van der Waals surface area (Å²) < 4.78 is 11.7. The van der Waals surface area contributed by atoms with E-state index in [1.165, 1.54) is 0 Å². The third kappa shape index (κ3) is 5.93. The summed E-state index contributed by atoms with van der Waals surface area (Å²) in [4.78, 5) is 8.73. The zero-order valence-corrected chi connectivity index (χ0v) is 15.9. The van der Waals surface area contributed by atoms with Crippen LogP contribution in [-0.4, -0.2) is 21.1 Å². The Labute approximate surface area is 163 Å². The molecule has 0 spiro atoms. The Bertz CT molecular complexity index is 829. The molecule has 0 amide bonds. The predicted octanol–water partition coefficient (Wildman–Crippen LogP) is 4.76. The van der Waals surface area contributed by atoms with Crippen LogP contribution in [0.3, 0.4) is 0 Å². The van der Waals surface area contributed by atoms with Gasteiger partial charge in [0.15, 0.2) is 5.11 Å². The number of nitrogens with zero attached hydrogens (tertiary/aromatic N) is 2. The number of nitrogens with one attached hydrogen (secondary N) is 2. The average molecular weight is 380 g/mol. The third-order valence-electron chi connectivity index (χ3n) is 3.26. The molecule has 0 saturated carbocycles. The van der Waals surface area contributed by atoms with Crippen LogP contribution in [0.15, 0.2) is 66.7 Å². The van der Waals surface area contributed by atoms with Crippen LogP contribution >= 0.6 is 12.2 Å². The first-order chi connectivity index (χ1) is 13.1. The van der Waals surface area contributed by atoms with Crippen molar-refractivity contribution in [2.24, 2.45) is 0 Å². The van der Waals surface area contributed by atoms with Crippen molar-refractivity contribution in [2.75, 3.05) is 5.32 Å². The van der Waals surface area contributed by atoms with Crippen LogP contribution in [0.25, 0.3) is 0 Å². The number of hydrogen-bond acceptors (Lipinski definition) is 5. The van der Waals surface area contributed by atoms with Crippen LogP contribution < -0.4 is 20.1 Å². The second-order valence-electron chi connectivity index (χ2n) is 5.95. The van der Waals surface area contributed by atoms with Crippen molar-refractivity contribution in [1.82, 2.24) is 15.3 Å². The van der Waals surface area contributed by atoms with Crippen LogP contribution in [-0.2, 0) is 0 Å². The van der Waals surface area contributed by atoms with E-state index in [0.717, 1.165) is 0 Å². The van der Waals surface area contributed by atoms with E-state index in [0.29, 0.717) is 28.4 Å². The number of para-hydroxylation sites is 2. The molecule has 27 heavy (non-hydrogen) atoms. The highest BCUT2D eigenvalue weighted by atomic mass is 32.1. The van der Waals surface area contributed by atoms with Crippen LogP contribution in [0.2, 0.25) is 0 Å². The fraction of sp³-hybridized carbons (Fsp3) is 0.150. The van der Waals surface area contributed by atoms with E-state index in [1.54, 1.807) is 6.07 Å². The van der Waals surface area contributed by atoms with E-state index in [9.17, 15) is 0 Å². The molecule has 0 saturated heterocycles. The molecular formula is C20H20N4O2S. The molecule has 0 aliphatic rings. The van der Waals surface area contributed by atoms with Gasteiger partial charge in [0, 0.05) is 6.04 Å². The summed E-state index contributed by atoms with van der Waals surface area (Å²) in [6.45, 7) is 3.99. The minimum Gasteiger partial charge on any atom is -0.439 e. The van der Waals surface area contributed by atoms with E-state index in [1.807, 2.05) is 74.5 Å². The topological polar surface area (TPSA) is 68.3 Å². The number of hydrogen-bond donors (Lipinski definition) is 2. The summed E-state index contributed by atoms with van der Waals surface area (Å²) in [6, 6.07) is 20.6. The molecule has 3 aromatic rings. The minimum absolute atomic E-state index is 0.189. The highest BCUT2D eigenvalue weighted by molar-refractivity contribution is 7.80. The summed E-state index contributed by atoms with van der Waals surface area (Å²) in [7, 11) is 0. The van der Waals surface area contributed by atoms with Crippen LogP contribution in [0.5, 0.6) is 23.3 Å². The summed E-state index contributed by atoms with van der Waals surface area (Å²) in [5, 5.41) is 6.48. The number of anilines is 1. The van der Waals surface area contributed by atoms with Gasteiger partial charge in [-0.25, -0.2) is 0 Å². The van der Waals surface area contributed by atoms with Crippen molar-refractivity contribution in [1.29, 1.82) is 0 Å². The molecule has 6 nitrogen and oxygen atoms in total. The number of benzene rings is 2. The van der Waals surface area contributed by atoms with E-state index in [4.69, 9.17) is 21.7 Å². The second kappa shape index (κ2) is 8.95. The zero-order valence-electron chi connectivity index (χ0n) is 15.0. The molecule has 7 heteroatoms. The molecule has 2 aromatic carbocycles. The predicted molar refractivity (Wildman–Crippen MR) is 110 cm³/mol. The van der Waals surface area contributed by atoms with Gasteiger partial charge in [0.2, 0.25) is 17.7 Å². The highest BCUT2D eigenvalue weighted by Gasteiger charge is 2.10. The summed E-state index contributed by atoms with van der Waals surface area (Å²) in [6.07, 6.45) is 0. The summed E-state index contributed by atoms with van der Waals surface area (Å²) in [5.74, 6) is 2.30. The first-order valence-corrected chi connectivity index (χ1v) is 8.92. The Morgan fingerprint density at radius 2 is 1.33 bits per heavy atom. The molecule has 138 valence electrons. The molecular weight excluding hydrogens is 360 g/mol. The molecule has 0 atom stereocenters. The van der Waals surface area contributed by atoms with Crippen molar-refractivity contribution in [3.05, 3.63) is 66.7 Å².